The Kier molecular flexibility index (Phi) is 7.45. The summed E-state index contributed by atoms with van der Waals surface area (Å²) in [6.45, 7) is 2.64. The summed E-state index contributed by atoms with van der Waals surface area (Å²) in [4.78, 5) is 47.7. The van der Waals surface area contributed by atoms with Gasteiger partial charge in [-0.15, -0.1) is 11.8 Å². The first-order chi connectivity index (χ1) is 14.6. The molecule has 32 heavy (non-hydrogen) atoms. The summed E-state index contributed by atoms with van der Waals surface area (Å²) in [7, 11) is 0.778. The molecule has 2 aromatic rings. The highest BCUT2D eigenvalue weighted by Crippen LogP contribution is 2.33. The molecular formula is C18H16ClF4N3O5S. The maximum absolute atomic E-state index is 14.5. The molecule has 2 N–H and O–H groups in total. The number of nitrogens with one attached hydrogen (secondary N) is 1. The third kappa shape index (κ3) is 5.33. The highest BCUT2D eigenvalue weighted by molar-refractivity contribution is 8.00. The number of hydrogen-bond acceptors (Lipinski definition) is 5. The summed E-state index contributed by atoms with van der Waals surface area (Å²) >= 11 is 6.75. The van der Waals surface area contributed by atoms with Gasteiger partial charge in [-0.25, -0.2) is 13.8 Å². The maximum atomic E-state index is 14.5. The molecule has 0 bridgehead atoms. The predicted octanol–water partition coefficient (Wildman–Crippen LogP) is 2.42. The van der Waals surface area contributed by atoms with Crippen LogP contribution in [-0.2, 0) is 22.8 Å². The van der Waals surface area contributed by atoms with Crippen LogP contribution in [0.25, 0.3) is 5.69 Å². The molecule has 2 rings (SSSR count). The number of alkyl halides is 3. The van der Waals surface area contributed by atoms with Crippen LogP contribution in [0, 0.1) is 5.82 Å². The van der Waals surface area contributed by atoms with Crippen LogP contribution in [-0.4, -0.2) is 37.4 Å². The van der Waals surface area contributed by atoms with Gasteiger partial charge in [0.2, 0.25) is 5.91 Å². The molecule has 0 fully saturated rings. The molecule has 0 spiro atoms. The fourth-order valence-corrected chi connectivity index (χ4v) is 3.73. The van der Waals surface area contributed by atoms with Crippen molar-refractivity contribution < 1.29 is 32.3 Å². The summed E-state index contributed by atoms with van der Waals surface area (Å²) in [5, 5.41) is 9.97. The van der Waals surface area contributed by atoms with E-state index in [0.717, 1.165) is 30.9 Å². The molecule has 174 valence electrons. The van der Waals surface area contributed by atoms with Gasteiger partial charge in [-0.1, -0.05) is 11.6 Å². The van der Waals surface area contributed by atoms with E-state index in [1.807, 2.05) is 0 Å². The van der Waals surface area contributed by atoms with Crippen LogP contribution in [0.1, 0.15) is 19.5 Å². The lowest BCUT2D eigenvalue weighted by Crippen LogP contribution is -2.42. The van der Waals surface area contributed by atoms with Gasteiger partial charge in [0.25, 0.3) is 5.56 Å². The van der Waals surface area contributed by atoms with Crippen LogP contribution in [0.2, 0.25) is 5.02 Å². The lowest BCUT2D eigenvalue weighted by atomic mass is 10.3. The number of aliphatic carboxylic acids is 1. The first-order valence-electron chi connectivity index (χ1n) is 8.74. The molecule has 0 radical (unpaired) electrons. The number of carbonyl (C=O) groups is 2. The van der Waals surface area contributed by atoms with E-state index in [0.29, 0.717) is 0 Å². The standard InChI is InChI=1S/C18H16ClF4N3O5S/c1-7(16(29)30)24-15(28)8(2)32-12-5-11(10(20)4-9(12)19)26-14(27)6-13(18(21,22)23)25(3)17(26)31/h4-8H,1-3H3,(H,24,28)(H,29,30). The van der Waals surface area contributed by atoms with Gasteiger partial charge in [0.05, 0.1) is 16.0 Å². The zero-order chi connectivity index (χ0) is 24.5. The Morgan fingerprint density at radius 1 is 1.19 bits per heavy atom. The van der Waals surface area contributed by atoms with Gasteiger partial charge < -0.3 is 10.4 Å². The maximum Gasteiger partial charge on any atom is 0.431 e. The number of aromatic nitrogens is 2. The number of rotatable bonds is 6. The lowest BCUT2D eigenvalue weighted by Gasteiger charge is -2.17. The van der Waals surface area contributed by atoms with Crippen LogP contribution in [0.15, 0.2) is 32.7 Å². The fourth-order valence-electron chi connectivity index (χ4n) is 2.54. The van der Waals surface area contributed by atoms with E-state index in [1.54, 1.807) is 0 Å². The summed E-state index contributed by atoms with van der Waals surface area (Å²) in [5.74, 6) is -3.11. The SMILES string of the molecule is CC(NC(=O)C(C)Sc1cc(-n2c(=O)cc(C(F)(F)F)n(C)c2=O)c(F)cc1Cl)C(=O)O. The van der Waals surface area contributed by atoms with Crippen LogP contribution in [0.3, 0.4) is 0 Å². The molecular weight excluding hydrogens is 482 g/mol. The van der Waals surface area contributed by atoms with Crippen LogP contribution < -0.4 is 16.6 Å². The largest absolute Gasteiger partial charge is 0.480 e. The van der Waals surface area contributed by atoms with Gasteiger partial charge in [0, 0.05) is 18.0 Å². The molecule has 1 aromatic heterocycles. The van der Waals surface area contributed by atoms with Crippen molar-refractivity contribution >= 4 is 35.2 Å². The van der Waals surface area contributed by atoms with Crippen molar-refractivity contribution in [2.75, 3.05) is 0 Å². The Hall–Kier alpha value is -2.80. The van der Waals surface area contributed by atoms with Crippen LogP contribution in [0.4, 0.5) is 17.6 Å². The molecule has 8 nitrogen and oxygen atoms in total. The number of halogens is 5. The second-order valence-corrected chi connectivity index (χ2v) is 8.40. The Morgan fingerprint density at radius 2 is 1.78 bits per heavy atom. The zero-order valence-electron chi connectivity index (χ0n) is 16.7. The Morgan fingerprint density at radius 3 is 2.31 bits per heavy atom. The van der Waals surface area contributed by atoms with Crippen LogP contribution in [0.5, 0.6) is 0 Å². The minimum absolute atomic E-state index is 0.0301. The molecule has 0 aliphatic rings. The second-order valence-electron chi connectivity index (χ2n) is 6.61. The van der Waals surface area contributed by atoms with Gasteiger partial charge >= 0.3 is 17.8 Å². The molecule has 1 heterocycles. The van der Waals surface area contributed by atoms with E-state index in [2.05, 4.69) is 5.32 Å². The van der Waals surface area contributed by atoms with E-state index in [-0.39, 0.29) is 25.1 Å². The molecule has 0 saturated heterocycles. The third-order valence-corrected chi connectivity index (χ3v) is 5.84. The fraction of sp³-hybridized carbons (Fsp3) is 0.333. The third-order valence-electron chi connectivity index (χ3n) is 4.25. The van der Waals surface area contributed by atoms with Gasteiger partial charge in [0.1, 0.15) is 17.6 Å². The number of benzene rings is 1. The van der Waals surface area contributed by atoms with Crippen molar-refractivity contribution in [1.82, 2.24) is 14.5 Å². The number of carboxylic acid groups (broad SMARTS) is 1. The second kappa shape index (κ2) is 9.36. The average molecular weight is 498 g/mol. The van der Waals surface area contributed by atoms with E-state index >= 15 is 0 Å². The van der Waals surface area contributed by atoms with E-state index in [9.17, 15) is 36.7 Å². The van der Waals surface area contributed by atoms with E-state index < -0.39 is 57.8 Å². The number of carbonyl (C=O) groups excluding carboxylic acids is 1. The minimum Gasteiger partial charge on any atom is -0.480 e. The average Bonchev–Trinajstić information content (AvgIpc) is 2.66. The van der Waals surface area contributed by atoms with Crippen molar-refractivity contribution in [3.05, 3.63) is 55.6 Å². The smallest absolute Gasteiger partial charge is 0.431 e. The summed E-state index contributed by atoms with van der Waals surface area (Å²) < 4.78 is 54.0. The highest BCUT2D eigenvalue weighted by atomic mass is 35.5. The highest BCUT2D eigenvalue weighted by Gasteiger charge is 2.35. The molecule has 0 aliphatic heterocycles. The van der Waals surface area contributed by atoms with Gasteiger partial charge in [-0.05, 0) is 26.0 Å². The topological polar surface area (TPSA) is 110 Å². The molecule has 2 unspecified atom stereocenters. The van der Waals surface area contributed by atoms with Gasteiger partial charge in [-0.2, -0.15) is 13.2 Å². The summed E-state index contributed by atoms with van der Waals surface area (Å²) in [6.07, 6.45) is -4.98. The quantitative estimate of drug-likeness (QED) is 0.468. The van der Waals surface area contributed by atoms with E-state index in [4.69, 9.17) is 16.7 Å². The first-order valence-corrected chi connectivity index (χ1v) is 10.0. The van der Waals surface area contributed by atoms with Crippen molar-refractivity contribution in [2.45, 2.75) is 36.2 Å². The van der Waals surface area contributed by atoms with Crippen molar-refractivity contribution in [3.63, 3.8) is 0 Å². The normalized spacial score (nSPS) is 13.5. The van der Waals surface area contributed by atoms with Crippen LogP contribution >= 0.6 is 23.4 Å². The van der Waals surface area contributed by atoms with Crippen molar-refractivity contribution in [3.8, 4) is 5.69 Å². The number of thioether (sulfide) groups is 1. The van der Waals surface area contributed by atoms with Gasteiger partial charge in [-0.3, -0.25) is 19.0 Å². The minimum atomic E-state index is -4.98. The molecule has 1 aromatic carbocycles. The molecule has 0 saturated carbocycles. The van der Waals surface area contributed by atoms with Crippen molar-refractivity contribution in [1.29, 1.82) is 0 Å². The first kappa shape index (κ1) is 25.5. The Labute approximate surface area is 186 Å². The summed E-state index contributed by atoms with van der Waals surface area (Å²) in [5.41, 5.74) is -5.03. The zero-order valence-corrected chi connectivity index (χ0v) is 18.2. The number of nitrogens with zero attached hydrogens (tertiary/aromatic N) is 2. The molecule has 0 aliphatic carbocycles. The molecule has 1 amide bonds. The number of amides is 1. The number of carboxylic acids is 1. The van der Waals surface area contributed by atoms with Gasteiger partial charge in [0.15, 0.2) is 0 Å². The summed E-state index contributed by atoms with van der Waals surface area (Å²) in [6, 6.07) is 0.667. The lowest BCUT2D eigenvalue weighted by molar-refractivity contribution is -0.144. The Bertz CT molecular complexity index is 1190. The monoisotopic (exact) mass is 497 g/mol. The van der Waals surface area contributed by atoms with Crippen molar-refractivity contribution in [2.24, 2.45) is 7.05 Å². The molecule has 2 atom stereocenters. The Balaban J connectivity index is 2.52. The predicted molar refractivity (Wildman–Crippen MR) is 108 cm³/mol. The van der Waals surface area contributed by atoms with E-state index in [1.165, 1.54) is 13.8 Å². The number of hydrogen-bond donors (Lipinski definition) is 2. The molecule has 14 heteroatoms.